The molecule has 0 spiro atoms. The highest BCUT2D eigenvalue weighted by molar-refractivity contribution is 5.94. The first-order valence-corrected chi connectivity index (χ1v) is 8.74. The molecule has 0 saturated carbocycles. The molecule has 0 aliphatic carbocycles. The largest absolute Gasteiger partial charge is 0.489 e. The molecule has 6 nitrogen and oxygen atoms in total. The number of nitrogens with two attached hydrogens (primary N) is 1. The molecule has 3 rings (SSSR count). The lowest BCUT2D eigenvalue weighted by Crippen LogP contribution is -2.40. The molecule has 2 atom stereocenters. The third-order valence-electron chi connectivity index (χ3n) is 4.50. The molecule has 146 valence electrons. The van der Waals surface area contributed by atoms with Gasteiger partial charge < -0.3 is 25.3 Å². The minimum absolute atomic E-state index is 0. The number of amides is 1. The Morgan fingerprint density at radius 3 is 2.78 bits per heavy atom. The Hall–Kier alpha value is -2.44. The maximum Gasteiger partial charge on any atom is 0.241 e. The second-order valence-electron chi connectivity index (χ2n) is 6.40. The average molecular weight is 393 g/mol. The molecule has 0 fully saturated rings. The third kappa shape index (κ3) is 5.28. The Morgan fingerprint density at radius 1 is 1.22 bits per heavy atom. The van der Waals surface area contributed by atoms with Gasteiger partial charge in [0.2, 0.25) is 12.7 Å². The highest BCUT2D eigenvalue weighted by Crippen LogP contribution is 2.35. The molecule has 27 heavy (non-hydrogen) atoms. The van der Waals surface area contributed by atoms with E-state index in [1.165, 1.54) is 0 Å². The monoisotopic (exact) mass is 392 g/mol. The zero-order chi connectivity index (χ0) is 18.5. The van der Waals surface area contributed by atoms with E-state index >= 15 is 0 Å². The summed E-state index contributed by atoms with van der Waals surface area (Å²) >= 11 is 0. The molecule has 0 bridgehead atoms. The van der Waals surface area contributed by atoms with E-state index in [-0.39, 0.29) is 31.0 Å². The van der Waals surface area contributed by atoms with Gasteiger partial charge in [0, 0.05) is 11.8 Å². The van der Waals surface area contributed by atoms with Gasteiger partial charge >= 0.3 is 0 Å². The number of hydrogen-bond donors (Lipinski definition) is 2. The van der Waals surface area contributed by atoms with Crippen LogP contribution in [0.4, 0.5) is 5.69 Å². The van der Waals surface area contributed by atoms with Gasteiger partial charge in [0.25, 0.3) is 0 Å². The van der Waals surface area contributed by atoms with Crippen LogP contribution in [0.3, 0.4) is 0 Å². The van der Waals surface area contributed by atoms with Crippen molar-refractivity contribution >= 4 is 24.0 Å². The van der Waals surface area contributed by atoms with E-state index < -0.39 is 6.04 Å². The summed E-state index contributed by atoms with van der Waals surface area (Å²) in [4.78, 5) is 12.2. The summed E-state index contributed by atoms with van der Waals surface area (Å²) in [5.41, 5.74) is 7.63. The summed E-state index contributed by atoms with van der Waals surface area (Å²) in [7, 11) is 0. The lowest BCUT2D eigenvalue weighted by Gasteiger charge is -2.18. The summed E-state index contributed by atoms with van der Waals surface area (Å²) in [5.74, 6) is 2.06. The molecule has 0 aromatic heterocycles. The van der Waals surface area contributed by atoms with Gasteiger partial charge in [-0.05, 0) is 35.7 Å². The molecule has 0 saturated heterocycles. The Bertz CT molecular complexity index is 784. The number of carbonyl (C=O) groups is 1. The number of halogens is 1. The molecule has 1 amide bonds. The van der Waals surface area contributed by atoms with Crippen LogP contribution in [0.1, 0.15) is 25.8 Å². The highest BCUT2D eigenvalue weighted by Gasteiger charge is 2.19. The summed E-state index contributed by atoms with van der Waals surface area (Å²) in [6, 6.07) is 12.5. The van der Waals surface area contributed by atoms with Crippen LogP contribution in [0.5, 0.6) is 17.2 Å². The second-order valence-corrected chi connectivity index (χ2v) is 6.40. The van der Waals surface area contributed by atoms with Crippen LogP contribution >= 0.6 is 12.4 Å². The quantitative estimate of drug-likeness (QED) is 0.750. The SMILES string of the molecule is CCC(C)C(N)C(=O)Nc1cccc(COc2ccc3c(c2)OCO3)c1.Cl. The summed E-state index contributed by atoms with van der Waals surface area (Å²) in [6.45, 7) is 4.60. The van der Waals surface area contributed by atoms with Crippen molar-refractivity contribution in [1.29, 1.82) is 0 Å². The highest BCUT2D eigenvalue weighted by atomic mass is 35.5. The topological polar surface area (TPSA) is 82.8 Å². The summed E-state index contributed by atoms with van der Waals surface area (Å²) in [6.07, 6.45) is 0.859. The van der Waals surface area contributed by atoms with Crippen LogP contribution < -0.4 is 25.3 Å². The van der Waals surface area contributed by atoms with Crippen molar-refractivity contribution in [3.8, 4) is 17.2 Å². The number of carbonyl (C=O) groups excluding carboxylic acids is 1. The first-order valence-electron chi connectivity index (χ1n) is 8.74. The molecular weight excluding hydrogens is 368 g/mol. The van der Waals surface area contributed by atoms with E-state index in [1.807, 2.05) is 50.2 Å². The normalized spacial score (nSPS) is 14.0. The summed E-state index contributed by atoms with van der Waals surface area (Å²) < 4.78 is 16.4. The van der Waals surface area contributed by atoms with E-state index in [1.54, 1.807) is 6.07 Å². The molecule has 2 unspecified atom stereocenters. The van der Waals surface area contributed by atoms with Crippen molar-refractivity contribution in [2.24, 2.45) is 11.7 Å². The van der Waals surface area contributed by atoms with Crippen molar-refractivity contribution in [2.75, 3.05) is 12.1 Å². The van der Waals surface area contributed by atoms with Gasteiger partial charge in [-0.2, -0.15) is 0 Å². The number of benzene rings is 2. The number of ether oxygens (including phenoxy) is 3. The molecule has 3 N–H and O–H groups in total. The first kappa shape index (κ1) is 20.9. The minimum Gasteiger partial charge on any atom is -0.489 e. The van der Waals surface area contributed by atoms with Crippen LogP contribution in [0.25, 0.3) is 0 Å². The fourth-order valence-electron chi connectivity index (χ4n) is 2.61. The van der Waals surface area contributed by atoms with Crippen molar-refractivity contribution in [1.82, 2.24) is 0 Å². The van der Waals surface area contributed by atoms with E-state index in [0.29, 0.717) is 23.8 Å². The van der Waals surface area contributed by atoms with E-state index in [2.05, 4.69) is 5.32 Å². The van der Waals surface area contributed by atoms with Crippen LogP contribution in [-0.4, -0.2) is 18.7 Å². The second kappa shape index (κ2) is 9.48. The van der Waals surface area contributed by atoms with Crippen LogP contribution in [0.2, 0.25) is 0 Å². The first-order chi connectivity index (χ1) is 12.6. The van der Waals surface area contributed by atoms with E-state index in [4.69, 9.17) is 19.9 Å². The molecule has 1 aliphatic heterocycles. The van der Waals surface area contributed by atoms with E-state index in [0.717, 1.165) is 17.7 Å². The number of rotatable bonds is 7. The predicted molar refractivity (Wildman–Crippen MR) is 107 cm³/mol. The molecule has 1 heterocycles. The Balaban J connectivity index is 0.00000261. The molecule has 1 aliphatic rings. The van der Waals surface area contributed by atoms with Crippen molar-refractivity contribution in [3.63, 3.8) is 0 Å². The fraction of sp³-hybridized carbons (Fsp3) is 0.350. The standard InChI is InChI=1S/C20H24N2O4.ClH/c1-3-13(2)19(21)20(23)22-15-6-4-5-14(9-15)11-24-16-7-8-17-18(10-16)26-12-25-17;/h4-10,13,19H,3,11-12,21H2,1-2H3,(H,22,23);1H. The van der Waals surface area contributed by atoms with E-state index in [9.17, 15) is 4.79 Å². The van der Waals surface area contributed by atoms with Crippen molar-refractivity contribution in [2.45, 2.75) is 32.9 Å². The number of anilines is 1. The number of hydrogen-bond acceptors (Lipinski definition) is 5. The van der Waals surface area contributed by atoms with Gasteiger partial charge in [0.05, 0.1) is 6.04 Å². The maximum absolute atomic E-state index is 12.2. The smallest absolute Gasteiger partial charge is 0.241 e. The van der Waals surface area contributed by atoms with Gasteiger partial charge in [0.1, 0.15) is 12.4 Å². The summed E-state index contributed by atoms with van der Waals surface area (Å²) in [5, 5.41) is 2.87. The lowest BCUT2D eigenvalue weighted by atomic mass is 9.99. The van der Waals surface area contributed by atoms with Gasteiger partial charge in [-0.15, -0.1) is 12.4 Å². The molecule has 2 aromatic rings. The molecule has 2 aromatic carbocycles. The zero-order valence-corrected chi connectivity index (χ0v) is 16.3. The van der Waals surface area contributed by atoms with Crippen LogP contribution in [0.15, 0.2) is 42.5 Å². The Labute approximate surface area is 165 Å². The predicted octanol–water partition coefficient (Wildman–Crippen LogP) is 3.73. The van der Waals surface area contributed by atoms with Crippen LogP contribution in [0, 0.1) is 5.92 Å². The van der Waals surface area contributed by atoms with Gasteiger partial charge in [-0.3, -0.25) is 4.79 Å². The van der Waals surface area contributed by atoms with Crippen LogP contribution in [-0.2, 0) is 11.4 Å². The molecule has 7 heteroatoms. The number of fused-ring (bicyclic) bond motifs is 1. The van der Waals surface area contributed by atoms with Gasteiger partial charge in [0.15, 0.2) is 11.5 Å². The fourth-order valence-corrected chi connectivity index (χ4v) is 2.61. The molecular formula is C20H25ClN2O4. The Morgan fingerprint density at radius 2 is 2.00 bits per heavy atom. The minimum atomic E-state index is -0.520. The maximum atomic E-state index is 12.2. The van der Waals surface area contributed by atoms with Crippen molar-refractivity contribution < 1.29 is 19.0 Å². The third-order valence-corrected chi connectivity index (χ3v) is 4.50. The zero-order valence-electron chi connectivity index (χ0n) is 15.4. The Kier molecular flexibility index (Phi) is 7.33. The van der Waals surface area contributed by atoms with Gasteiger partial charge in [-0.25, -0.2) is 0 Å². The lowest BCUT2D eigenvalue weighted by molar-refractivity contribution is -0.118. The average Bonchev–Trinajstić information content (AvgIpc) is 3.13. The van der Waals surface area contributed by atoms with Gasteiger partial charge in [-0.1, -0.05) is 32.4 Å². The number of nitrogens with one attached hydrogen (secondary N) is 1. The molecule has 0 radical (unpaired) electrons. The van der Waals surface area contributed by atoms with Crippen molar-refractivity contribution in [3.05, 3.63) is 48.0 Å².